The quantitative estimate of drug-likeness (QED) is 0.403. The second-order valence-electron chi connectivity index (χ2n) is 9.88. The van der Waals surface area contributed by atoms with Crippen LogP contribution < -0.4 is 15.4 Å². The van der Waals surface area contributed by atoms with Gasteiger partial charge in [-0.2, -0.15) is 0 Å². The summed E-state index contributed by atoms with van der Waals surface area (Å²) in [6, 6.07) is 10.9. The Balaban J connectivity index is 1.46. The van der Waals surface area contributed by atoms with Crippen molar-refractivity contribution in [2.75, 3.05) is 12.4 Å². The van der Waals surface area contributed by atoms with E-state index in [0.717, 1.165) is 53.4 Å². The number of phenolic OH excluding ortho intramolecular Hbond substituents is 1. The number of aromatic nitrogens is 1. The molecule has 0 radical (unpaired) electrons. The summed E-state index contributed by atoms with van der Waals surface area (Å²) in [5.41, 5.74) is 4.17. The molecule has 2 unspecified atom stereocenters. The summed E-state index contributed by atoms with van der Waals surface area (Å²) in [4.78, 5) is 17.9. The molecule has 176 valence electrons. The summed E-state index contributed by atoms with van der Waals surface area (Å²) < 4.78 is 5.30. The Bertz CT molecular complexity index is 1280. The number of hydrogen-bond donors (Lipinski definition) is 3. The molecular formula is C27H28ClN3O3. The lowest BCUT2D eigenvalue weighted by molar-refractivity contribution is 0.0968. The number of fused-ring (bicyclic) bond motifs is 3. The minimum Gasteiger partial charge on any atom is -0.503 e. The van der Waals surface area contributed by atoms with Gasteiger partial charge in [-0.15, -0.1) is 0 Å². The van der Waals surface area contributed by atoms with E-state index >= 15 is 0 Å². The van der Waals surface area contributed by atoms with Crippen molar-refractivity contribution in [3.63, 3.8) is 0 Å². The highest BCUT2D eigenvalue weighted by atomic mass is 35.5. The summed E-state index contributed by atoms with van der Waals surface area (Å²) in [5, 5.41) is 18.8. The maximum Gasteiger partial charge on any atom is 0.176 e. The highest BCUT2D eigenvalue weighted by molar-refractivity contribution is 6.32. The Labute approximate surface area is 203 Å². The fraction of sp³-hybridized carbons (Fsp3) is 0.407. The van der Waals surface area contributed by atoms with Crippen LogP contribution in [0.5, 0.6) is 11.5 Å². The molecule has 3 aliphatic rings. The van der Waals surface area contributed by atoms with Gasteiger partial charge in [-0.05, 0) is 73.9 Å². The van der Waals surface area contributed by atoms with Crippen molar-refractivity contribution < 1.29 is 14.6 Å². The molecule has 3 aromatic rings. The highest BCUT2D eigenvalue weighted by Crippen LogP contribution is 2.41. The smallest absolute Gasteiger partial charge is 0.176 e. The van der Waals surface area contributed by atoms with Crippen LogP contribution in [0.3, 0.4) is 0 Å². The van der Waals surface area contributed by atoms with Crippen LogP contribution in [0.15, 0.2) is 36.5 Å². The Morgan fingerprint density at radius 1 is 1.12 bits per heavy atom. The number of halogens is 1. The highest BCUT2D eigenvalue weighted by Gasteiger charge is 2.36. The van der Waals surface area contributed by atoms with Crippen molar-refractivity contribution in [2.45, 2.75) is 56.7 Å². The molecule has 34 heavy (non-hydrogen) atoms. The number of rotatable bonds is 6. The maximum absolute atomic E-state index is 13.2. The van der Waals surface area contributed by atoms with Gasteiger partial charge < -0.3 is 20.5 Å². The minimum absolute atomic E-state index is 0.0735. The molecule has 0 amide bonds. The third-order valence-corrected chi connectivity index (χ3v) is 7.77. The third kappa shape index (κ3) is 3.89. The van der Waals surface area contributed by atoms with Gasteiger partial charge >= 0.3 is 0 Å². The average molecular weight is 478 g/mol. The molecule has 7 heteroatoms. The zero-order chi connectivity index (χ0) is 23.4. The Morgan fingerprint density at radius 3 is 2.59 bits per heavy atom. The molecule has 0 spiro atoms. The number of pyridine rings is 1. The van der Waals surface area contributed by atoms with Crippen molar-refractivity contribution >= 4 is 34.0 Å². The van der Waals surface area contributed by atoms with Gasteiger partial charge in [-0.1, -0.05) is 17.7 Å². The third-order valence-electron chi connectivity index (χ3n) is 7.48. The van der Waals surface area contributed by atoms with E-state index in [-0.39, 0.29) is 22.5 Å². The zero-order valence-corrected chi connectivity index (χ0v) is 19.9. The van der Waals surface area contributed by atoms with E-state index in [1.54, 1.807) is 18.3 Å². The second kappa shape index (κ2) is 8.43. The molecule has 1 aliphatic carbocycles. The summed E-state index contributed by atoms with van der Waals surface area (Å²) >= 11 is 6.26. The zero-order valence-electron chi connectivity index (χ0n) is 19.1. The molecule has 2 aliphatic heterocycles. The monoisotopic (exact) mass is 477 g/mol. The SMILES string of the molecule is COc1cc(-c2ccc3ncc(C(=O)C4CC4)c(NC4CC5CCC(C4)N5)c3c2)cc(Cl)c1O. The largest absolute Gasteiger partial charge is 0.503 e. The Kier molecular flexibility index (Phi) is 5.38. The molecule has 2 saturated heterocycles. The molecule has 3 N–H and O–H groups in total. The summed E-state index contributed by atoms with van der Waals surface area (Å²) in [7, 11) is 1.50. The molecule has 1 aromatic heterocycles. The lowest BCUT2D eigenvalue weighted by Gasteiger charge is -2.31. The van der Waals surface area contributed by atoms with E-state index in [4.69, 9.17) is 16.3 Å². The molecule has 6 rings (SSSR count). The van der Waals surface area contributed by atoms with Crippen molar-refractivity contribution in [2.24, 2.45) is 5.92 Å². The van der Waals surface area contributed by atoms with Crippen LogP contribution in [0.4, 0.5) is 5.69 Å². The summed E-state index contributed by atoms with van der Waals surface area (Å²) in [6.07, 6.45) is 8.23. The summed E-state index contributed by atoms with van der Waals surface area (Å²) in [5.74, 6) is 0.554. The van der Waals surface area contributed by atoms with E-state index < -0.39 is 0 Å². The van der Waals surface area contributed by atoms with Crippen LogP contribution in [-0.2, 0) is 0 Å². The van der Waals surface area contributed by atoms with Crippen LogP contribution in [-0.4, -0.2) is 41.1 Å². The number of methoxy groups -OCH3 is 1. The van der Waals surface area contributed by atoms with E-state index in [2.05, 4.69) is 21.7 Å². The molecular weight excluding hydrogens is 450 g/mol. The first-order valence-electron chi connectivity index (χ1n) is 12.1. The van der Waals surface area contributed by atoms with Crippen LogP contribution in [0.1, 0.15) is 48.9 Å². The summed E-state index contributed by atoms with van der Waals surface area (Å²) in [6.45, 7) is 0. The number of Topliss-reactive ketones (excluding diaryl/α,β-unsaturated/α-hetero) is 1. The number of benzene rings is 2. The number of hydrogen-bond acceptors (Lipinski definition) is 6. The van der Waals surface area contributed by atoms with Gasteiger partial charge in [-0.3, -0.25) is 9.78 Å². The number of ketones is 1. The minimum atomic E-state index is -0.0735. The number of phenols is 1. The first kappa shape index (κ1) is 21.7. The predicted octanol–water partition coefficient (Wildman–Crippen LogP) is 5.56. The number of piperidine rings is 1. The topological polar surface area (TPSA) is 83.5 Å². The van der Waals surface area contributed by atoms with Gasteiger partial charge in [0.1, 0.15) is 0 Å². The van der Waals surface area contributed by atoms with E-state index in [1.807, 2.05) is 12.1 Å². The molecule has 3 heterocycles. The number of nitrogens with zero attached hydrogens (tertiary/aromatic N) is 1. The molecule has 2 bridgehead atoms. The molecule has 6 nitrogen and oxygen atoms in total. The lowest BCUT2D eigenvalue weighted by Crippen LogP contribution is -2.43. The van der Waals surface area contributed by atoms with Gasteiger partial charge in [0.05, 0.1) is 28.9 Å². The van der Waals surface area contributed by atoms with Crippen LogP contribution in [0.25, 0.3) is 22.0 Å². The first-order valence-corrected chi connectivity index (χ1v) is 12.4. The molecule has 1 saturated carbocycles. The maximum atomic E-state index is 13.2. The van der Waals surface area contributed by atoms with Crippen molar-refractivity contribution in [1.29, 1.82) is 0 Å². The fourth-order valence-electron chi connectivity index (χ4n) is 5.56. The number of nitrogens with one attached hydrogen (secondary N) is 2. The Morgan fingerprint density at radius 2 is 1.88 bits per heavy atom. The van der Waals surface area contributed by atoms with Crippen molar-refractivity contribution in [3.8, 4) is 22.6 Å². The number of aromatic hydroxyl groups is 1. The first-order chi connectivity index (χ1) is 16.5. The number of anilines is 1. The van der Waals surface area contributed by atoms with Crippen molar-refractivity contribution in [3.05, 3.63) is 47.1 Å². The molecule has 2 atom stereocenters. The van der Waals surface area contributed by atoms with Crippen LogP contribution in [0.2, 0.25) is 5.02 Å². The van der Waals surface area contributed by atoms with Crippen LogP contribution in [0, 0.1) is 5.92 Å². The molecule has 3 fully saturated rings. The van der Waals surface area contributed by atoms with Gasteiger partial charge in [0, 0.05) is 35.6 Å². The van der Waals surface area contributed by atoms with Crippen LogP contribution >= 0.6 is 11.6 Å². The normalized spacial score (nSPS) is 23.8. The standard InChI is InChI=1S/C27H28ClN3O3/c1-34-24-10-16(9-22(28)27(24)33)15-4-7-23-20(8-15)25(21(13-29-23)26(32)14-2-3-14)31-19-11-17-5-6-18(12-19)30-17/h4,7-10,13-14,17-19,30,33H,2-3,5-6,11-12H2,1H3,(H,29,31). The number of ether oxygens (including phenoxy) is 1. The second-order valence-corrected chi connectivity index (χ2v) is 10.3. The number of carbonyl (C=O) groups is 1. The van der Waals surface area contributed by atoms with Gasteiger partial charge in [0.2, 0.25) is 0 Å². The lowest BCUT2D eigenvalue weighted by atomic mass is 9.96. The average Bonchev–Trinajstić information content (AvgIpc) is 3.64. The van der Waals surface area contributed by atoms with Gasteiger partial charge in [-0.25, -0.2) is 0 Å². The predicted molar refractivity (Wildman–Crippen MR) is 134 cm³/mol. The molecule has 2 aromatic carbocycles. The van der Waals surface area contributed by atoms with E-state index in [0.29, 0.717) is 29.4 Å². The fourth-order valence-corrected chi connectivity index (χ4v) is 5.77. The van der Waals surface area contributed by atoms with E-state index in [1.165, 1.54) is 20.0 Å². The van der Waals surface area contributed by atoms with E-state index in [9.17, 15) is 9.90 Å². The van der Waals surface area contributed by atoms with Crippen molar-refractivity contribution in [1.82, 2.24) is 10.3 Å². The Hall–Kier alpha value is -2.83. The van der Waals surface area contributed by atoms with Gasteiger partial charge in [0.25, 0.3) is 0 Å². The number of carbonyl (C=O) groups excluding carboxylic acids is 1. The van der Waals surface area contributed by atoms with Gasteiger partial charge in [0.15, 0.2) is 17.3 Å².